The van der Waals surface area contributed by atoms with Crippen LogP contribution in [-0.4, -0.2) is 22.4 Å². The minimum Gasteiger partial charge on any atom is -0.321 e. The number of aryl methyl sites for hydroxylation is 2. The summed E-state index contributed by atoms with van der Waals surface area (Å²) in [6.07, 6.45) is 2.10. The van der Waals surface area contributed by atoms with Crippen LogP contribution in [-0.2, 0) is 6.42 Å². The molecule has 0 atom stereocenters. The molecule has 0 radical (unpaired) electrons. The quantitative estimate of drug-likeness (QED) is 0.776. The third-order valence-corrected chi connectivity index (χ3v) is 4.46. The van der Waals surface area contributed by atoms with Crippen LogP contribution in [0.4, 0.5) is 17.3 Å². The fourth-order valence-corrected chi connectivity index (χ4v) is 3.25. The third-order valence-electron chi connectivity index (χ3n) is 4.46. The molecule has 1 aliphatic heterocycles. The van der Waals surface area contributed by atoms with E-state index in [0.29, 0.717) is 11.6 Å². The van der Waals surface area contributed by atoms with E-state index in [1.807, 2.05) is 43.3 Å². The number of carbonyl (C=O) groups excluding carboxylic acids is 1. The van der Waals surface area contributed by atoms with Gasteiger partial charge in [0.25, 0.3) is 5.91 Å². The highest BCUT2D eigenvalue weighted by atomic mass is 16.1. The van der Waals surface area contributed by atoms with Crippen molar-refractivity contribution < 1.29 is 4.79 Å². The van der Waals surface area contributed by atoms with E-state index in [2.05, 4.69) is 38.4 Å². The predicted octanol–water partition coefficient (Wildman–Crippen LogP) is 4.12. The Balaban J connectivity index is 1.66. The Hall–Kier alpha value is -3.21. The summed E-state index contributed by atoms with van der Waals surface area (Å²) in [6, 6.07) is 19.4. The first-order chi connectivity index (χ1) is 12.7. The smallest absolute Gasteiger partial charge is 0.274 e. The van der Waals surface area contributed by atoms with Crippen molar-refractivity contribution >= 4 is 23.2 Å². The van der Waals surface area contributed by atoms with Crippen molar-refractivity contribution in [1.82, 2.24) is 9.97 Å². The van der Waals surface area contributed by atoms with E-state index in [0.717, 1.165) is 36.5 Å². The van der Waals surface area contributed by atoms with Crippen molar-refractivity contribution in [3.05, 3.63) is 77.6 Å². The zero-order valence-electron chi connectivity index (χ0n) is 14.6. The van der Waals surface area contributed by atoms with Crippen LogP contribution in [0.2, 0.25) is 0 Å². The van der Waals surface area contributed by atoms with Gasteiger partial charge in [0.1, 0.15) is 5.69 Å². The molecule has 5 nitrogen and oxygen atoms in total. The zero-order chi connectivity index (χ0) is 17.9. The lowest BCUT2D eigenvalue weighted by molar-refractivity contribution is 0.102. The summed E-state index contributed by atoms with van der Waals surface area (Å²) in [7, 11) is 0. The van der Waals surface area contributed by atoms with Crippen molar-refractivity contribution in [1.29, 1.82) is 0 Å². The van der Waals surface area contributed by atoms with Gasteiger partial charge in [-0.2, -0.15) is 0 Å². The Labute approximate surface area is 152 Å². The summed E-state index contributed by atoms with van der Waals surface area (Å²) in [4.78, 5) is 23.9. The first-order valence-corrected chi connectivity index (χ1v) is 8.78. The molecule has 0 saturated carbocycles. The second-order valence-electron chi connectivity index (χ2n) is 6.40. The normalized spacial score (nSPS) is 13.2. The monoisotopic (exact) mass is 344 g/mol. The molecule has 5 heteroatoms. The molecule has 3 aromatic rings. The van der Waals surface area contributed by atoms with Crippen LogP contribution in [0.1, 0.15) is 28.2 Å². The summed E-state index contributed by atoms with van der Waals surface area (Å²) in [5.74, 6) is 0.351. The molecule has 26 heavy (non-hydrogen) atoms. The molecule has 0 fully saturated rings. The summed E-state index contributed by atoms with van der Waals surface area (Å²) in [5.41, 5.74) is 4.31. The van der Waals surface area contributed by atoms with E-state index < -0.39 is 0 Å². The molecular formula is C21H20N4O. The van der Waals surface area contributed by atoms with Gasteiger partial charge in [-0.15, -0.1) is 0 Å². The maximum Gasteiger partial charge on any atom is 0.274 e. The number of hydrogen-bond donors (Lipinski definition) is 1. The Morgan fingerprint density at radius 2 is 1.81 bits per heavy atom. The number of carbonyl (C=O) groups is 1. The van der Waals surface area contributed by atoms with Gasteiger partial charge in [-0.25, -0.2) is 9.97 Å². The number of fused-ring (bicyclic) bond motifs is 1. The standard InChI is InChI=1S/C21H20N4O/c1-15-14-18(20(26)23-17-10-3-2-4-11-17)24-21(22-15)25-13-7-9-16-8-5-6-12-19(16)25/h2-6,8,10-12,14H,7,9,13H2,1H3,(H,23,26). The molecule has 0 unspecified atom stereocenters. The average Bonchev–Trinajstić information content (AvgIpc) is 2.68. The summed E-state index contributed by atoms with van der Waals surface area (Å²) in [6.45, 7) is 2.74. The number of anilines is 3. The highest BCUT2D eigenvalue weighted by molar-refractivity contribution is 6.03. The number of para-hydroxylation sites is 2. The van der Waals surface area contributed by atoms with E-state index in [1.165, 1.54) is 5.56 Å². The van der Waals surface area contributed by atoms with E-state index in [9.17, 15) is 4.79 Å². The first kappa shape index (κ1) is 16.3. The van der Waals surface area contributed by atoms with Gasteiger partial charge >= 0.3 is 0 Å². The summed E-state index contributed by atoms with van der Waals surface area (Å²) >= 11 is 0. The number of benzene rings is 2. The van der Waals surface area contributed by atoms with E-state index in [-0.39, 0.29) is 5.91 Å². The molecule has 1 amide bonds. The van der Waals surface area contributed by atoms with Gasteiger partial charge in [-0.1, -0.05) is 36.4 Å². The Morgan fingerprint density at radius 1 is 1.04 bits per heavy atom. The SMILES string of the molecule is Cc1cc(C(=O)Nc2ccccc2)nc(N2CCCc3ccccc32)n1. The number of nitrogens with one attached hydrogen (secondary N) is 1. The maximum atomic E-state index is 12.6. The van der Waals surface area contributed by atoms with Crippen LogP contribution in [0.5, 0.6) is 0 Å². The van der Waals surface area contributed by atoms with Crippen LogP contribution in [0.25, 0.3) is 0 Å². The van der Waals surface area contributed by atoms with Crippen molar-refractivity contribution in [3.63, 3.8) is 0 Å². The van der Waals surface area contributed by atoms with Crippen LogP contribution in [0, 0.1) is 6.92 Å². The molecule has 0 spiro atoms. The summed E-state index contributed by atoms with van der Waals surface area (Å²) < 4.78 is 0. The van der Waals surface area contributed by atoms with E-state index >= 15 is 0 Å². The Bertz CT molecular complexity index is 940. The topological polar surface area (TPSA) is 58.1 Å². The van der Waals surface area contributed by atoms with Crippen molar-refractivity contribution in [2.75, 3.05) is 16.8 Å². The highest BCUT2D eigenvalue weighted by Crippen LogP contribution is 2.31. The van der Waals surface area contributed by atoms with Crippen molar-refractivity contribution in [2.45, 2.75) is 19.8 Å². The second-order valence-corrected chi connectivity index (χ2v) is 6.40. The van der Waals surface area contributed by atoms with Gasteiger partial charge in [0, 0.05) is 23.6 Å². The molecule has 130 valence electrons. The Kier molecular flexibility index (Phi) is 4.35. The van der Waals surface area contributed by atoms with Crippen LogP contribution >= 0.6 is 0 Å². The number of aromatic nitrogens is 2. The number of hydrogen-bond acceptors (Lipinski definition) is 4. The molecule has 0 saturated heterocycles. The lowest BCUT2D eigenvalue weighted by Gasteiger charge is -2.29. The minimum absolute atomic E-state index is 0.228. The maximum absolute atomic E-state index is 12.6. The number of rotatable bonds is 3. The van der Waals surface area contributed by atoms with Gasteiger partial charge in [0.15, 0.2) is 0 Å². The molecule has 1 aromatic heterocycles. The van der Waals surface area contributed by atoms with Gasteiger partial charge in [-0.3, -0.25) is 4.79 Å². The molecule has 1 N–H and O–H groups in total. The lowest BCUT2D eigenvalue weighted by Crippen LogP contribution is -2.27. The molecule has 1 aliphatic rings. The van der Waals surface area contributed by atoms with Gasteiger partial charge in [-0.05, 0) is 49.6 Å². The van der Waals surface area contributed by atoms with Crippen LogP contribution in [0.3, 0.4) is 0 Å². The predicted molar refractivity (Wildman–Crippen MR) is 103 cm³/mol. The molecule has 2 heterocycles. The molecule has 0 bridgehead atoms. The average molecular weight is 344 g/mol. The fourth-order valence-electron chi connectivity index (χ4n) is 3.25. The second kappa shape index (κ2) is 6.96. The minimum atomic E-state index is -0.228. The highest BCUT2D eigenvalue weighted by Gasteiger charge is 2.21. The van der Waals surface area contributed by atoms with Crippen molar-refractivity contribution in [3.8, 4) is 0 Å². The van der Waals surface area contributed by atoms with Gasteiger partial charge in [0.05, 0.1) is 0 Å². The molecular weight excluding hydrogens is 324 g/mol. The Morgan fingerprint density at radius 3 is 2.65 bits per heavy atom. The molecule has 0 aliphatic carbocycles. The van der Waals surface area contributed by atoms with E-state index in [1.54, 1.807) is 6.07 Å². The summed E-state index contributed by atoms with van der Waals surface area (Å²) in [5, 5.41) is 2.89. The molecule has 4 rings (SSSR count). The number of amides is 1. The van der Waals surface area contributed by atoms with Gasteiger partial charge < -0.3 is 10.2 Å². The third kappa shape index (κ3) is 3.28. The zero-order valence-corrected chi connectivity index (χ0v) is 14.6. The lowest BCUT2D eigenvalue weighted by atomic mass is 10.0. The number of nitrogens with zero attached hydrogens (tertiary/aromatic N) is 3. The van der Waals surface area contributed by atoms with Gasteiger partial charge in [0.2, 0.25) is 5.95 Å². The van der Waals surface area contributed by atoms with Crippen molar-refractivity contribution in [2.24, 2.45) is 0 Å². The van der Waals surface area contributed by atoms with Crippen LogP contribution < -0.4 is 10.2 Å². The van der Waals surface area contributed by atoms with Crippen LogP contribution in [0.15, 0.2) is 60.7 Å². The largest absolute Gasteiger partial charge is 0.321 e. The molecule has 2 aromatic carbocycles. The fraction of sp³-hybridized carbons (Fsp3) is 0.190. The van der Waals surface area contributed by atoms with E-state index in [4.69, 9.17) is 0 Å². The first-order valence-electron chi connectivity index (χ1n) is 8.78.